The van der Waals surface area contributed by atoms with Crippen LogP contribution >= 0.6 is 0 Å². The quantitative estimate of drug-likeness (QED) is 0.690. The summed E-state index contributed by atoms with van der Waals surface area (Å²) < 4.78 is 0. The molecule has 1 aromatic rings. The van der Waals surface area contributed by atoms with Gasteiger partial charge in [-0.15, -0.1) is 0 Å². The molecule has 1 amide bonds. The van der Waals surface area contributed by atoms with Gasteiger partial charge in [-0.2, -0.15) is 0 Å². The summed E-state index contributed by atoms with van der Waals surface area (Å²) in [6, 6.07) is 7.96. The van der Waals surface area contributed by atoms with Crippen molar-refractivity contribution in [3.63, 3.8) is 0 Å². The second-order valence-corrected chi connectivity index (χ2v) is 4.78. The van der Waals surface area contributed by atoms with Crippen LogP contribution in [0.1, 0.15) is 18.4 Å². The van der Waals surface area contributed by atoms with Crippen LogP contribution in [0.25, 0.3) is 5.57 Å². The van der Waals surface area contributed by atoms with Gasteiger partial charge in [-0.3, -0.25) is 4.79 Å². The number of rotatable bonds is 0. The molecular weight excluding hydrogens is 212 g/mol. The molecule has 1 saturated heterocycles. The molecule has 0 unspecified atom stereocenters. The molecule has 0 spiro atoms. The Morgan fingerprint density at radius 2 is 1.88 bits per heavy atom. The average Bonchev–Trinajstić information content (AvgIpc) is 2.66. The van der Waals surface area contributed by atoms with Gasteiger partial charge in [0.1, 0.15) is 0 Å². The normalized spacial score (nSPS) is 20.4. The second-order valence-electron chi connectivity index (χ2n) is 4.78. The first-order valence-electron chi connectivity index (χ1n) is 6.07. The number of piperidine rings is 1. The van der Waals surface area contributed by atoms with Crippen LogP contribution in [0.15, 0.2) is 29.8 Å². The molecule has 3 heteroatoms. The number of nitrogens with one attached hydrogen (secondary N) is 1. The number of hydrogen-bond donors (Lipinski definition) is 1. The average molecular weight is 228 g/mol. The van der Waals surface area contributed by atoms with E-state index in [9.17, 15) is 4.79 Å². The van der Waals surface area contributed by atoms with E-state index in [-0.39, 0.29) is 5.91 Å². The lowest BCUT2D eigenvalue weighted by Gasteiger charge is -2.25. The Kier molecular flexibility index (Phi) is 2.48. The predicted molar refractivity (Wildman–Crippen MR) is 68.7 cm³/mol. The van der Waals surface area contributed by atoms with Crippen molar-refractivity contribution >= 4 is 17.2 Å². The molecule has 2 heterocycles. The molecule has 0 saturated carbocycles. The monoisotopic (exact) mass is 228 g/mol. The maximum atomic E-state index is 12.0. The van der Waals surface area contributed by atoms with Crippen molar-refractivity contribution in [3.05, 3.63) is 35.4 Å². The minimum Gasteiger partial charge on any atom is -0.321 e. The van der Waals surface area contributed by atoms with E-state index in [0.717, 1.165) is 42.8 Å². The SMILES string of the molecule is CN1CCC(=C2C(=O)Nc3ccccc32)CC1. The summed E-state index contributed by atoms with van der Waals surface area (Å²) in [6.45, 7) is 2.10. The fourth-order valence-electron chi connectivity index (χ4n) is 2.61. The van der Waals surface area contributed by atoms with Gasteiger partial charge in [0.05, 0.1) is 0 Å². The first kappa shape index (κ1) is 10.5. The van der Waals surface area contributed by atoms with Gasteiger partial charge in [0.2, 0.25) is 0 Å². The molecule has 1 aromatic carbocycles. The summed E-state index contributed by atoms with van der Waals surface area (Å²) in [5, 5.41) is 2.95. The van der Waals surface area contributed by atoms with Crippen LogP contribution in [0.4, 0.5) is 5.69 Å². The Morgan fingerprint density at radius 3 is 2.65 bits per heavy atom. The van der Waals surface area contributed by atoms with Crippen LogP contribution < -0.4 is 5.32 Å². The lowest BCUT2D eigenvalue weighted by Crippen LogP contribution is -2.27. The van der Waals surface area contributed by atoms with Gasteiger partial charge >= 0.3 is 0 Å². The zero-order valence-corrected chi connectivity index (χ0v) is 9.99. The van der Waals surface area contributed by atoms with Crippen molar-refractivity contribution in [2.24, 2.45) is 0 Å². The minimum atomic E-state index is 0.0748. The Morgan fingerprint density at radius 1 is 1.18 bits per heavy atom. The number of likely N-dealkylation sites (tertiary alicyclic amines) is 1. The van der Waals surface area contributed by atoms with E-state index < -0.39 is 0 Å². The fraction of sp³-hybridized carbons (Fsp3) is 0.357. The minimum absolute atomic E-state index is 0.0748. The van der Waals surface area contributed by atoms with Crippen molar-refractivity contribution in [2.75, 3.05) is 25.5 Å². The molecule has 17 heavy (non-hydrogen) atoms. The molecule has 0 aromatic heterocycles. The third kappa shape index (κ3) is 1.76. The van der Waals surface area contributed by atoms with Crippen molar-refractivity contribution in [3.8, 4) is 0 Å². The number of hydrogen-bond acceptors (Lipinski definition) is 2. The molecule has 0 bridgehead atoms. The largest absolute Gasteiger partial charge is 0.321 e. The van der Waals surface area contributed by atoms with E-state index in [2.05, 4.69) is 17.3 Å². The molecule has 3 nitrogen and oxygen atoms in total. The van der Waals surface area contributed by atoms with E-state index >= 15 is 0 Å². The molecule has 1 fully saturated rings. The van der Waals surface area contributed by atoms with Gasteiger partial charge in [-0.05, 0) is 26.0 Å². The molecule has 1 N–H and O–H groups in total. The molecule has 3 rings (SSSR count). The maximum Gasteiger partial charge on any atom is 0.256 e. The van der Waals surface area contributed by atoms with Gasteiger partial charge in [0.15, 0.2) is 0 Å². The first-order chi connectivity index (χ1) is 8.25. The number of anilines is 1. The van der Waals surface area contributed by atoms with Gasteiger partial charge < -0.3 is 10.2 Å². The molecule has 0 radical (unpaired) electrons. The highest BCUT2D eigenvalue weighted by atomic mass is 16.2. The van der Waals surface area contributed by atoms with Gasteiger partial charge in [0, 0.05) is 29.9 Å². The van der Waals surface area contributed by atoms with Crippen molar-refractivity contribution in [1.29, 1.82) is 0 Å². The zero-order valence-electron chi connectivity index (χ0n) is 9.99. The highest BCUT2D eigenvalue weighted by Crippen LogP contribution is 2.36. The summed E-state index contributed by atoms with van der Waals surface area (Å²) in [7, 11) is 2.13. The summed E-state index contributed by atoms with van der Waals surface area (Å²) in [5.74, 6) is 0.0748. The Labute approximate surface area is 101 Å². The number of carbonyl (C=O) groups is 1. The predicted octanol–water partition coefficient (Wildman–Crippen LogP) is 2.12. The standard InChI is InChI=1S/C14H16N2O/c1-16-8-6-10(7-9-16)13-11-4-2-3-5-12(11)15-14(13)17/h2-5H,6-9H2,1H3,(H,15,17). The molecule has 0 aliphatic carbocycles. The molecule has 2 aliphatic rings. The van der Waals surface area contributed by atoms with E-state index in [1.807, 2.05) is 24.3 Å². The fourth-order valence-corrected chi connectivity index (χ4v) is 2.61. The van der Waals surface area contributed by atoms with Crippen LogP contribution in [0.3, 0.4) is 0 Å². The summed E-state index contributed by atoms with van der Waals surface area (Å²) >= 11 is 0. The lowest BCUT2D eigenvalue weighted by molar-refractivity contribution is -0.110. The van der Waals surface area contributed by atoms with Gasteiger partial charge in [-0.25, -0.2) is 0 Å². The Bertz CT molecular complexity index is 495. The van der Waals surface area contributed by atoms with Crippen LogP contribution in [0.2, 0.25) is 0 Å². The van der Waals surface area contributed by atoms with Crippen molar-refractivity contribution in [1.82, 2.24) is 4.90 Å². The summed E-state index contributed by atoms with van der Waals surface area (Å²) in [5.41, 5.74) is 4.27. The Balaban J connectivity index is 2.03. The summed E-state index contributed by atoms with van der Waals surface area (Å²) in [4.78, 5) is 14.3. The van der Waals surface area contributed by atoms with Crippen LogP contribution in [0.5, 0.6) is 0 Å². The lowest BCUT2D eigenvalue weighted by atomic mass is 9.94. The number of fused-ring (bicyclic) bond motifs is 1. The third-order valence-corrected chi connectivity index (χ3v) is 3.62. The second kappa shape index (κ2) is 4.00. The third-order valence-electron chi connectivity index (χ3n) is 3.62. The van der Waals surface area contributed by atoms with Gasteiger partial charge in [0.25, 0.3) is 5.91 Å². The first-order valence-corrected chi connectivity index (χ1v) is 6.07. The number of para-hydroxylation sites is 1. The molecule has 88 valence electrons. The summed E-state index contributed by atoms with van der Waals surface area (Å²) in [6.07, 6.45) is 2.02. The molecule has 0 atom stereocenters. The van der Waals surface area contributed by atoms with E-state index in [1.54, 1.807) is 0 Å². The van der Waals surface area contributed by atoms with Crippen LogP contribution in [-0.4, -0.2) is 30.9 Å². The highest BCUT2D eigenvalue weighted by molar-refractivity contribution is 6.32. The van der Waals surface area contributed by atoms with Gasteiger partial charge in [-0.1, -0.05) is 23.8 Å². The van der Waals surface area contributed by atoms with E-state index in [0.29, 0.717) is 0 Å². The van der Waals surface area contributed by atoms with E-state index in [4.69, 9.17) is 0 Å². The zero-order chi connectivity index (χ0) is 11.8. The smallest absolute Gasteiger partial charge is 0.256 e. The van der Waals surface area contributed by atoms with Crippen LogP contribution in [-0.2, 0) is 4.79 Å². The number of carbonyl (C=O) groups excluding carboxylic acids is 1. The number of nitrogens with zero attached hydrogens (tertiary/aromatic N) is 1. The molecule has 2 aliphatic heterocycles. The van der Waals surface area contributed by atoms with Crippen molar-refractivity contribution < 1.29 is 4.79 Å². The number of amides is 1. The Hall–Kier alpha value is -1.61. The van der Waals surface area contributed by atoms with Crippen LogP contribution in [0, 0.1) is 0 Å². The number of benzene rings is 1. The topological polar surface area (TPSA) is 32.3 Å². The van der Waals surface area contributed by atoms with Crippen molar-refractivity contribution in [2.45, 2.75) is 12.8 Å². The highest BCUT2D eigenvalue weighted by Gasteiger charge is 2.27. The molecular formula is C14H16N2O. The maximum absolute atomic E-state index is 12.0. The van der Waals surface area contributed by atoms with E-state index in [1.165, 1.54) is 5.57 Å².